The van der Waals surface area contributed by atoms with E-state index in [9.17, 15) is 4.79 Å². The van der Waals surface area contributed by atoms with Gasteiger partial charge >= 0.3 is 5.97 Å². The van der Waals surface area contributed by atoms with Gasteiger partial charge in [-0.25, -0.2) is 9.78 Å². The Balaban J connectivity index is 2.07. The van der Waals surface area contributed by atoms with Crippen LogP contribution in [0.3, 0.4) is 0 Å². The van der Waals surface area contributed by atoms with Gasteiger partial charge in [-0.1, -0.05) is 26.0 Å². The smallest absolute Gasteiger partial charge is 0.379 e. The maximum Gasteiger partial charge on any atom is 0.379 e. The molecule has 0 unspecified atom stereocenters. The molecule has 1 heterocycles. The lowest BCUT2D eigenvalue weighted by Gasteiger charge is -2.06. The van der Waals surface area contributed by atoms with E-state index in [2.05, 4.69) is 23.8 Å². The Labute approximate surface area is 99.7 Å². The second-order valence-corrected chi connectivity index (χ2v) is 4.05. The Morgan fingerprint density at radius 2 is 2.00 bits per heavy atom. The third kappa shape index (κ3) is 2.72. The third-order valence-corrected chi connectivity index (χ3v) is 2.45. The van der Waals surface area contributed by atoms with Crippen molar-refractivity contribution in [1.29, 1.82) is 0 Å². The molecule has 0 radical (unpaired) electrons. The SMILES string of the molecule is CC(C)c1ccc(OC(=O)c2ncc[nH]2)cc1. The number of nitrogens with one attached hydrogen (secondary N) is 1. The molecular weight excluding hydrogens is 216 g/mol. The molecule has 0 spiro atoms. The van der Waals surface area contributed by atoms with E-state index in [0.29, 0.717) is 11.7 Å². The molecule has 17 heavy (non-hydrogen) atoms. The fourth-order valence-electron chi connectivity index (χ4n) is 1.45. The summed E-state index contributed by atoms with van der Waals surface area (Å²) >= 11 is 0. The van der Waals surface area contributed by atoms with Crippen molar-refractivity contribution in [3.8, 4) is 5.75 Å². The number of rotatable bonds is 3. The van der Waals surface area contributed by atoms with Gasteiger partial charge in [-0.05, 0) is 23.6 Å². The van der Waals surface area contributed by atoms with Crippen LogP contribution in [-0.4, -0.2) is 15.9 Å². The van der Waals surface area contributed by atoms with Crippen LogP contribution in [-0.2, 0) is 0 Å². The number of aromatic nitrogens is 2. The first-order valence-electron chi connectivity index (χ1n) is 5.48. The standard InChI is InChI=1S/C13H14N2O2/c1-9(2)10-3-5-11(6-4-10)17-13(16)12-14-7-8-15-12/h3-9H,1-2H3,(H,14,15). The van der Waals surface area contributed by atoms with Crippen LogP contribution in [0, 0.1) is 0 Å². The Morgan fingerprint density at radius 1 is 1.29 bits per heavy atom. The molecule has 1 N–H and O–H groups in total. The van der Waals surface area contributed by atoms with E-state index < -0.39 is 5.97 Å². The van der Waals surface area contributed by atoms with Gasteiger partial charge in [0.1, 0.15) is 5.75 Å². The average Bonchev–Trinajstić information content (AvgIpc) is 2.83. The number of carbonyl (C=O) groups is 1. The largest absolute Gasteiger partial charge is 0.421 e. The highest BCUT2D eigenvalue weighted by molar-refractivity contribution is 5.86. The van der Waals surface area contributed by atoms with Crippen LogP contribution in [0.5, 0.6) is 5.75 Å². The molecular formula is C13H14N2O2. The molecule has 2 rings (SSSR count). The average molecular weight is 230 g/mol. The number of hydrogen-bond donors (Lipinski definition) is 1. The molecule has 2 aromatic rings. The highest BCUT2D eigenvalue weighted by atomic mass is 16.5. The lowest BCUT2D eigenvalue weighted by atomic mass is 10.0. The summed E-state index contributed by atoms with van der Waals surface area (Å²) in [7, 11) is 0. The summed E-state index contributed by atoms with van der Waals surface area (Å²) in [5, 5.41) is 0. The zero-order valence-electron chi connectivity index (χ0n) is 9.81. The van der Waals surface area contributed by atoms with Crippen molar-refractivity contribution in [2.24, 2.45) is 0 Å². The van der Waals surface area contributed by atoms with E-state index in [1.54, 1.807) is 18.3 Å². The van der Waals surface area contributed by atoms with Crippen LogP contribution in [0.1, 0.15) is 35.9 Å². The zero-order chi connectivity index (χ0) is 12.3. The van der Waals surface area contributed by atoms with Crippen molar-refractivity contribution in [2.75, 3.05) is 0 Å². The lowest BCUT2D eigenvalue weighted by Crippen LogP contribution is -2.10. The minimum atomic E-state index is -0.479. The first kappa shape index (κ1) is 11.4. The van der Waals surface area contributed by atoms with E-state index in [0.717, 1.165) is 0 Å². The monoisotopic (exact) mass is 230 g/mol. The molecule has 4 heteroatoms. The second-order valence-electron chi connectivity index (χ2n) is 4.05. The molecule has 1 aromatic carbocycles. The maximum absolute atomic E-state index is 11.6. The molecule has 0 fully saturated rings. The summed E-state index contributed by atoms with van der Waals surface area (Å²) in [6.45, 7) is 4.23. The van der Waals surface area contributed by atoms with E-state index in [-0.39, 0.29) is 5.82 Å². The summed E-state index contributed by atoms with van der Waals surface area (Å²) in [5.41, 5.74) is 1.21. The number of imidazole rings is 1. The molecule has 0 atom stereocenters. The summed E-state index contributed by atoms with van der Waals surface area (Å²) in [6, 6.07) is 7.48. The van der Waals surface area contributed by atoms with Crippen molar-refractivity contribution in [1.82, 2.24) is 9.97 Å². The summed E-state index contributed by atoms with van der Waals surface area (Å²) in [6.07, 6.45) is 3.09. The molecule has 88 valence electrons. The third-order valence-electron chi connectivity index (χ3n) is 2.45. The predicted molar refractivity (Wildman–Crippen MR) is 64.1 cm³/mol. The van der Waals surface area contributed by atoms with Gasteiger partial charge in [-0.3, -0.25) is 0 Å². The molecule has 0 bridgehead atoms. The number of ether oxygens (including phenoxy) is 1. The number of H-pyrrole nitrogens is 1. The van der Waals surface area contributed by atoms with E-state index in [4.69, 9.17) is 4.74 Å². The first-order valence-corrected chi connectivity index (χ1v) is 5.48. The fourth-order valence-corrected chi connectivity index (χ4v) is 1.45. The van der Waals surface area contributed by atoms with Gasteiger partial charge in [0.15, 0.2) is 0 Å². The number of nitrogens with zero attached hydrogens (tertiary/aromatic N) is 1. The molecule has 0 aliphatic carbocycles. The van der Waals surface area contributed by atoms with Gasteiger partial charge in [0.2, 0.25) is 5.82 Å². The number of esters is 1. The Morgan fingerprint density at radius 3 is 2.53 bits per heavy atom. The van der Waals surface area contributed by atoms with Gasteiger partial charge in [-0.15, -0.1) is 0 Å². The van der Waals surface area contributed by atoms with Crippen molar-refractivity contribution >= 4 is 5.97 Å². The van der Waals surface area contributed by atoms with Crippen LogP contribution in [0.4, 0.5) is 0 Å². The Bertz CT molecular complexity index is 487. The summed E-state index contributed by atoms with van der Waals surface area (Å²) in [4.78, 5) is 18.1. The van der Waals surface area contributed by atoms with Crippen LogP contribution in [0.2, 0.25) is 0 Å². The fraction of sp³-hybridized carbons (Fsp3) is 0.231. The van der Waals surface area contributed by atoms with E-state index in [1.807, 2.05) is 12.1 Å². The molecule has 0 aliphatic rings. The second kappa shape index (κ2) is 4.82. The zero-order valence-corrected chi connectivity index (χ0v) is 9.81. The normalized spacial score (nSPS) is 10.5. The quantitative estimate of drug-likeness (QED) is 0.651. The van der Waals surface area contributed by atoms with Crippen molar-refractivity contribution in [3.05, 3.63) is 48.0 Å². The van der Waals surface area contributed by atoms with Gasteiger partial charge in [-0.2, -0.15) is 0 Å². The number of hydrogen-bond acceptors (Lipinski definition) is 3. The van der Waals surface area contributed by atoms with E-state index in [1.165, 1.54) is 11.8 Å². The van der Waals surface area contributed by atoms with Crippen molar-refractivity contribution in [3.63, 3.8) is 0 Å². The number of benzene rings is 1. The van der Waals surface area contributed by atoms with Crippen LogP contribution in [0.25, 0.3) is 0 Å². The summed E-state index contributed by atoms with van der Waals surface area (Å²) < 4.78 is 5.16. The Hall–Kier alpha value is -2.10. The highest BCUT2D eigenvalue weighted by Crippen LogP contribution is 2.19. The molecule has 4 nitrogen and oxygen atoms in total. The number of aromatic amines is 1. The molecule has 0 saturated carbocycles. The molecule has 0 amide bonds. The van der Waals surface area contributed by atoms with Gasteiger partial charge < -0.3 is 9.72 Å². The highest BCUT2D eigenvalue weighted by Gasteiger charge is 2.10. The van der Waals surface area contributed by atoms with Crippen LogP contribution < -0.4 is 4.74 Å². The minimum Gasteiger partial charge on any atom is -0.421 e. The number of carbonyl (C=O) groups excluding carboxylic acids is 1. The topological polar surface area (TPSA) is 55.0 Å². The van der Waals surface area contributed by atoms with Gasteiger partial charge in [0, 0.05) is 12.4 Å². The minimum absolute atomic E-state index is 0.206. The Kier molecular flexibility index (Phi) is 3.23. The first-order chi connectivity index (χ1) is 8.16. The van der Waals surface area contributed by atoms with Crippen LogP contribution >= 0.6 is 0 Å². The predicted octanol–water partition coefficient (Wildman–Crippen LogP) is 2.75. The van der Waals surface area contributed by atoms with Gasteiger partial charge in [0.05, 0.1) is 0 Å². The molecule has 0 aliphatic heterocycles. The van der Waals surface area contributed by atoms with Gasteiger partial charge in [0.25, 0.3) is 0 Å². The van der Waals surface area contributed by atoms with Crippen LogP contribution in [0.15, 0.2) is 36.7 Å². The maximum atomic E-state index is 11.6. The van der Waals surface area contributed by atoms with E-state index >= 15 is 0 Å². The lowest BCUT2D eigenvalue weighted by molar-refractivity contribution is 0.0723. The molecule has 0 saturated heterocycles. The van der Waals surface area contributed by atoms with Crippen molar-refractivity contribution < 1.29 is 9.53 Å². The summed E-state index contributed by atoms with van der Waals surface area (Å²) in [5.74, 6) is 0.714. The van der Waals surface area contributed by atoms with Crippen molar-refractivity contribution in [2.45, 2.75) is 19.8 Å². The molecule has 1 aromatic heterocycles.